The van der Waals surface area contributed by atoms with Crippen LogP contribution >= 0.6 is 0 Å². The molecule has 2 aromatic rings. The van der Waals surface area contributed by atoms with Crippen LogP contribution in [-0.4, -0.2) is 13.2 Å². The van der Waals surface area contributed by atoms with Crippen molar-refractivity contribution in [1.29, 1.82) is 0 Å². The number of hydrogen-bond donors (Lipinski definition) is 0. The summed E-state index contributed by atoms with van der Waals surface area (Å²) in [5.41, 5.74) is 2.19. The second kappa shape index (κ2) is 8.90. The molecule has 0 bridgehead atoms. The SMILES string of the molecule is C#CC(c1ccc(OCCC)cc1)c1ccc(OCCC)cc1. The van der Waals surface area contributed by atoms with Crippen LogP contribution < -0.4 is 9.47 Å². The normalized spacial score (nSPS) is 10.3. The second-order valence-electron chi connectivity index (χ2n) is 5.43. The number of benzene rings is 2. The van der Waals surface area contributed by atoms with Gasteiger partial charge < -0.3 is 9.47 Å². The fourth-order valence-electron chi connectivity index (χ4n) is 2.34. The van der Waals surface area contributed by atoms with Crippen LogP contribution in [0.15, 0.2) is 48.5 Å². The van der Waals surface area contributed by atoms with Crippen LogP contribution in [0.25, 0.3) is 0 Å². The molecule has 120 valence electrons. The molecule has 0 radical (unpaired) electrons. The largest absolute Gasteiger partial charge is 0.494 e. The monoisotopic (exact) mass is 308 g/mol. The molecule has 0 saturated carbocycles. The van der Waals surface area contributed by atoms with Gasteiger partial charge in [0.25, 0.3) is 0 Å². The molecule has 0 aromatic heterocycles. The third kappa shape index (κ3) is 4.79. The van der Waals surface area contributed by atoms with E-state index in [0.29, 0.717) is 0 Å². The molecule has 0 fully saturated rings. The summed E-state index contributed by atoms with van der Waals surface area (Å²) in [5, 5.41) is 0. The van der Waals surface area contributed by atoms with Gasteiger partial charge in [-0.05, 0) is 48.2 Å². The molecule has 0 aliphatic heterocycles. The minimum Gasteiger partial charge on any atom is -0.494 e. The van der Waals surface area contributed by atoms with Crippen molar-refractivity contribution < 1.29 is 9.47 Å². The molecule has 0 N–H and O–H groups in total. The number of rotatable bonds is 8. The van der Waals surface area contributed by atoms with Crippen LogP contribution in [-0.2, 0) is 0 Å². The van der Waals surface area contributed by atoms with E-state index in [-0.39, 0.29) is 5.92 Å². The van der Waals surface area contributed by atoms with Crippen molar-refractivity contribution in [1.82, 2.24) is 0 Å². The molecule has 0 atom stereocenters. The zero-order chi connectivity index (χ0) is 16.5. The Morgan fingerprint density at radius 3 is 1.48 bits per heavy atom. The molecular formula is C21H24O2. The number of ether oxygens (including phenoxy) is 2. The van der Waals surface area contributed by atoms with Crippen LogP contribution in [0.1, 0.15) is 43.7 Å². The quantitative estimate of drug-likeness (QED) is 0.637. The standard InChI is InChI=1S/C21H24O2/c1-4-15-22-19-11-7-17(8-12-19)21(6-3)18-9-13-20(14-10-18)23-16-5-2/h3,7-14,21H,4-5,15-16H2,1-2H3. The molecule has 2 heteroatoms. The van der Waals surface area contributed by atoms with Gasteiger partial charge in [-0.15, -0.1) is 6.42 Å². The number of terminal acetylenes is 1. The minimum atomic E-state index is -0.0598. The molecule has 0 amide bonds. The highest BCUT2D eigenvalue weighted by Gasteiger charge is 2.11. The molecule has 0 saturated heterocycles. The lowest BCUT2D eigenvalue weighted by molar-refractivity contribution is 0.317. The first-order chi connectivity index (χ1) is 11.3. The summed E-state index contributed by atoms with van der Waals surface area (Å²) in [4.78, 5) is 0. The zero-order valence-electron chi connectivity index (χ0n) is 13.9. The van der Waals surface area contributed by atoms with Crippen LogP contribution in [0.4, 0.5) is 0 Å². The maximum atomic E-state index is 5.76. The summed E-state index contributed by atoms with van der Waals surface area (Å²) < 4.78 is 11.2. The molecule has 0 spiro atoms. The van der Waals surface area contributed by atoms with E-state index in [1.807, 2.05) is 48.5 Å². The smallest absolute Gasteiger partial charge is 0.119 e. The van der Waals surface area contributed by atoms with Crippen molar-refractivity contribution in [2.45, 2.75) is 32.6 Å². The highest BCUT2D eigenvalue weighted by Crippen LogP contribution is 2.27. The Morgan fingerprint density at radius 2 is 1.17 bits per heavy atom. The van der Waals surface area contributed by atoms with E-state index >= 15 is 0 Å². The van der Waals surface area contributed by atoms with Crippen molar-refractivity contribution in [3.63, 3.8) is 0 Å². The van der Waals surface area contributed by atoms with Gasteiger partial charge in [0.1, 0.15) is 11.5 Å². The fourth-order valence-corrected chi connectivity index (χ4v) is 2.34. The average Bonchev–Trinajstić information content (AvgIpc) is 2.61. The Hall–Kier alpha value is -2.40. The third-order valence-corrected chi connectivity index (χ3v) is 3.54. The molecule has 2 rings (SSSR count). The van der Waals surface area contributed by atoms with Gasteiger partial charge in [0.15, 0.2) is 0 Å². The van der Waals surface area contributed by atoms with Crippen LogP contribution in [0, 0.1) is 12.3 Å². The lowest BCUT2D eigenvalue weighted by Crippen LogP contribution is -2.00. The fraction of sp³-hybridized carbons (Fsp3) is 0.333. The lowest BCUT2D eigenvalue weighted by Gasteiger charge is -2.13. The number of hydrogen-bond acceptors (Lipinski definition) is 2. The Bertz CT molecular complexity index is 569. The molecule has 0 aliphatic carbocycles. The summed E-state index contributed by atoms with van der Waals surface area (Å²) in [6.45, 7) is 5.65. The third-order valence-electron chi connectivity index (χ3n) is 3.54. The van der Waals surface area contributed by atoms with Crippen LogP contribution in [0.5, 0.6) is 11.5 Å². The summed E-state index contributed by atoms with van der Waals surface area (Å²) in [6.07, 6.45) is 7.76. The van der Waals surface area contributed by atoms with Gasteiger partial charge in [0.2, 0.25) is 0 Å². The highest BCUT2D eigenvalue weighted by atomic mass is 16.5. The van der Waals surface area contributed by atoms with E-state index in [1.165, 1.54) is 0 Å². The van der Waals surface area contributed by atoms with E-state index in [1.54, 1.807) is 0 Å². The van der Waals surface area contributed by atoms with E-state index in [2.05, 4.69) is 19.8 Å². The van der Waals surface area contributed by atoms with Crippen molar-refractivity contribution in [3.05, 3.63) is 59.7 Å². The van der Waals surface area contributed by atoms with Gasteiger partial charge in [-0.3, -0.25) is 0 Å². The topological polar surface area (TPSA) is 18.5 Å². The Balaban J connectivity index is 2.11. The van der Waals surface area contributed by atoms with E-state index in [9.17, 15) is 0 Å². The Labute approximate surface area is 139 Å². The molecule has 0 aliphatic rings. The predicted octanol–water partition coefficient (Wildman–Crippen LogP) is 5.03. The van der Waals surface area contributed by atoms with Gasteiger partial charge >= 0.3 is 0 Å². The minimum absolute atomic E-state index is 0.0598. The van der Waals surface area contributed by atoms with Crippen molar-refractivity contribution in [3.8, 4) is 23.8 Å². The first-order valence-electron chi connectivity index (χ1n) is 8.20. The first-order valence-corrected chi connectivity index (χ1v) is 8.20. The molecule has 2 nitrogen and oxygen atoms in total. The summed E-state index contributed by atoms with van der Waals surface area (Å²) in [5.74, 6) is 4.59. The molecule has 23 heavy (non-hydrogen) atoms. The van der Waals surface area contributed by atoms with Gasteiger partial charge in [-0.2, -0.15) is 0 Å². The summed E-state index contributed by atoms with van der Waals surface area (Å²) in [7, 11) is 0. The molecular weight excluding hydrogens is 284 g/mol. The van der Waals surface area contributed by atoms with Gasteiger partial charge in [-0.1, -0.05) is 44.0 Å². The Kier molecular flexibility index (Phi) is 6.56. The van der Waals surface area contributed by atoms with E-state index in [4.69, 9.17) is 15.9 Å². The first kappa shape index (κ1) is 17.0. The lowest BCUT2D eigenvalue weighted by atomic mass is 9.92. The average molecular weight is 308 g/mol. The summed E-state index contributed by atoms with van der Waals surface area (Å²) in [6, 6.07) is 16.1. The van der Waals surface area contributed by atoms with Crippen molar-refractivity contribution in [2.24, 2.45) is 0 Å². The van der Waals surface area contributed by atoms with Crippen LogP contribution in [0.2, 0.25) is 0 Å². The van der Waals surface area contributed by atoms with Gasteiger partial charge in [0, 0.05) is 0 Å². The van der Waals surface area contributed by atoms with Gasteiger partial charge in [-0.25, -0.2) is 0 Å². The zero-order valence-corrected chi connectivity index (χ0v) is 13.9. The maximum Gasteiger partial charge on any atom is 0.119 e. The van der Waals surface area contributed by atoms with E-state index < -0.39 is 0 Å². The highest BCUT2D eigenvalue weighted by molar-refractivity contribution is 5.43. The molecule has 0 heterocycles. The second-order valence-corrected chi connectivity index (χ2v) is 5.43. The predicted molar refractivity (Wildman–Crippen MR) is 95.1 cm³/mol. The van der Waals surface area contributed by atoms with Crippen molar-refractivity contribution in [2.75, 3.05) is 13.2 Å². The van der Waals surface area contributed by atoms with E-state index in [0.717, 1.165) is 48.7 Å². The van der Waals surface area contributed by atoms with Crippen LogP contribution in [0.3, 0.4) is 0 Å². The Morgan fingerprint density at radius 1 is 0.783 bits per heavy atom. The maximum absolute atomic E-state index is 5.76. The summed E-state index contributed by atoms with van der Waals surface area (Å²) >= 11 is 0. The molecule has 2 aromatic carbocycles. The van der Waals surface area contributed by atoms with Gasteiger partial charge in [0.05, 0.1) is 19.1 Å². The van der Waals surface area contributed by atoms with Crippen molar-refractivity contribution >= 4 is 0 Å². The molecule has 0 unspecified atom stereocenters.